The summed E-state index contributed by atoms with van der Waals surface area (Å²) in [7, 11) is 1.69. The van der Waals surface area contributed by atoms with Crippen molar-refractivity contribution < 1.29 is 4.92 Å². The lowest BCUT2D eigenvalue weighted by Gasteiger charge is -2.06. The van der Waals surface area contributed by atoms with Gasteiger partial charge < -0.3 is 9.88 Å². The van der Waals surface area contributed by atoms with E-state index in [0.717, 1.165) is 5.69 Å². The van der Waals surface area contributed by atoms with E-state index in [2.05, 4.69) is 15.8 Å². The first kappa shape index (κ1) is 14.7. The number of rotatable bonds is 4. The van der Waals surface area contributed by atoms with Gasteiger partial charge in [0, 0.05) is 25.4 Å². The molecule has 0 bridgehead atoms. The van der Waals surface area contributed by atoms with Gasteiger partial charge in [0.2, 0.25) is 0 Å². The third kappa shape index (κ3) is 3.63. The first-order valence-electron chi connectivity index (χ1n) is 6.05. The zero-order chi connectivity index (χ0) is 15.2. The number of non-ortho nitro benzene ring substituents is 1. The Balaban J connectivity index is 2.26. The number of thiocarbonyl (C=S) groups is 1. The van der Waals surface area contributed by atoms with E-state index in [1.807, 2.05) is 12.1 Å². The summed E-state index contributed by atoms with van der Waals surface area (Å²) in [5.41, 5.74) is 4.14. The Labute approximate surface area is 126 Å². The van der Waals surface area contributed by atoms with E-state index in [1.54, 1.807) is 36.2 Å². The molecule has 21 heavy (non-hydrogen) atoms. The first-order valence-corrected chi connectivity index (χ1v) is 6.45. The number of nitro benzene ring substituents is 1. The third-order valence-corrected chi connectivity index (χ3v) is 2.98. The number of hydrogen-bond acceptors (Lipinski definition) is 4. The zero-order valence-electron chi connectivity index (χ0n) is 11.2. The van der Waals surface area contributed by atoms with E-state index >= 15 is 0 Å². The fourth-order valence-corrected chi connectivity index (χ4v) is 1.76. The summed E-state index contributed by atoms with van der Waals surface area (Å²) >= 11 is 4.90. The van der Waals surface area contributed by atoms with E-state index in [1.165, 1.54) is 12.1 Å². The van der Waals surface area contributed by atoms with Crippen LogP contribution >= 0.6 is 12.2 Å². The molecule has 7 nitrogen and oxygen atoms in total. The summed E-state index contributed by atoms with van der Waals surface area (Å²) in [6, 6.07) is 10.1. The zero-order valence-corrected chi connectivity index (χ0v) is 12.0. The number of nitro groups is 1. The van der Waals surface area contributed by atoms with Crippen LogP contribution in [0.15, 0.2) is 47.7 Å². The van der Waals surface area contributed by atoms with Crippen molar-refractivity contribution in [1.82, 2.24) is 15.3 Å². The maximum absolute atomic E-state index is 10.8. The molecule has 0 spiro atoms. The Morgan fingerprint density at radius 2 is 2.24 bits per heavy atom. The van der Waals surface area contributed by atoms with Crippen LogP contribution in [0.2, 0.25) is 0 Å². The molecule has 2 rings (SSSR count). The molecule has 0 atom stereocenters. The van der Waals surface area contributed by atoms with Crippen LogP contribution in [0.1, 0.15) is 5.69 Å². The Morgan fingerprint density at radius 3 is 2.95 bits per heavy atom. The smallest absolute Gasteiger partial charge is 0.271 e. The highest BCUT2D eigenvalue weighted by Gasteiger charge is 2.08. The number of hydrazone groups is 1. The number of aromatic nitrogens is 1. The molecule has 2 aromatic rings. The summed E-state index contributed by atoms with van der Waals surface area (Å²) in [6.45, 7) is 0. The highest BCUT2D eigenvalue weighted by atomic mass is 32.1. The van der Waals surface area contributed by atoms with E-state index in [9.17, 15) is 10.1 Å². The first-order chi connectivity index (χ1) is 10.1. The van der Waals surface area contributed by atoms with Crippen molar-refractivity contribution in [3.05, 3.63) is 58.4 Å². The molecule has 1 aromatic heterocycles. The van der Waals surface area contributed by atoms with Gasteiger partial charge in [-0.25, -0.2) is 0 Å². The predicted octanol–water partition coefficient (Wildman–Crippen LogP) is 1.81. The molecule has 1 heterocycles. The fraction of sp³-hybridized carbons (Fsp3) is 0.0769. The molecule has 0 aliphatic heterocycles. The van der Waals surface area contributed by atoms with Gasteiger partial charge in [-0.05, 0) is 30.4 Å². The quantitative estimate of drug-likeness (QED) is 0.389. The Kier molecular flexibility index (Phi) is 4.62. The van der Waals surface area contributed by atoms with Gasteiger partial charge in [0.05, 0.1) is 22.5 Å². The number of hydrogen-bond donors (Lipinski definition) is 2. The molecular formula is C13H13N5O2S. The maximum atomic E-state index is 10.8. The normalized spacial score (nSPS) is 10.5. The average molecular weight is 303 g/mol. The van der Waals surface area contributed by atoms with E-state index in [-0.39, 0.29) is 5.69 Å². The average Bonchev–Trinajstić information content (AvgIpc) is 2.95. The third-order valence-electron chi connectivity index (χ3n) is 2.69. The topological polar surface area (TPSA) is 84.5 Å². The van der Waals surface area contributed by atoms with Crippen molar-refractivity contribution in [3.8, 4) is 5.69 Å². The van der Waals surface area contributed by atoms with Crippen molar-refractivity contribution in [2.45, 2.75) is 0 Å². The van der Waals surface area contributed by atoms with Gasteiger partial charge in [0.1, 0.15) is 0 Å². The van der Waals surface area contributed by atoms with Crippen molar-refractivity contribution >= 4 is 29.2 Å². The molecule has 2 N–H and O–H groups in total. The number of nitrogens with one attached hydrogen (secondary N) is 2. The van der Waals surface area contributed by atoms with Gasteiger partial charge in [-0.2, -0.15) is 5.10 Å². The van der Waals surface area contributed by atoms with Crippen molar-refractivity contribution in [3.63, 3.8) is 0 Å². The Hall–Kier alpha value is -2.74. The molecular weight excluding hydrogens is 290 g/mol. The molecule has 0 radical (unpaired) electrons. The summed E-state index contributed by atoms with van der Waals surface area (Å²) in [6.07, 6.45) is 3.39. The lowest BCUT2D eigenvalue weighted by molar-refractivity contribution is -0.384. The molecule has 1 aromatic carbocycles. The van der Waals surface area contributed by atoms with Crippen molar-refractivity contribution in [2.75, 3.05) is 7.05 Å². The van der Waals surface area contributed by atoms with E-state index < -0.39 is 4.92 Å². The summed E-state index contributed by atoms with van der Waals surface area (Å²) in [5, 5.41) is 18.0. The molecule has 0 unspecified atom stereocenters. The molecule has 0 saturated heterocycles. The lowest BCUT2D eigenvalue weighted by atomic mass is 10.2. The number of benzene rings is 1. The molecule has 108 valence electrons. The summed E-state index contributed by atoms with van der Waals surface area (Å²) in [5.74, 6) is 0. The molecule has 8 heteroatoms. The largest absolute Gasteiger partial charge is 0.364 e. The maximum Gasteiger partial charge on any atom is 0.271 e. The lowest BCUT2D eigenvalue weighted by Crippen LogP contribution is -2.28. The van der Waals surface area contributed by atoms with Crippen LogP contribution < -0.4 is 10.7 Å². The highest BCUT2D eigenvalue weighted by molar-refractivity contribution is 7.80. The number of nitrogens with zero attached hydrogens (tertiary/aromatic N) is 3. The van der Waals surface area contributed by atoms with Crippen LogP contribution in [0.5, 0.6) is 0 Å². The van der Waals surface area contributed by atoms with Gasteiger partial charge in [-0.3, -0.25) is 15.5 Å². The Morgan fingerprint density at radius 1 is 1.43 bits per heavy atom. The van der Waals surface area contributed by atoms with Gasteiger partial charge in [-0.1, -0.05) is 6.07 Å². The second-order valence-corrected chi connectivity index (χ2v) is 4.44. The highest BCUT2D eigenvalue weighted by Crippen LogP contribution is 2.18. The second-order valence-electron chi connectivity index (χ2n) is 4.03. The standard InChI is InChI=1S/C13H13N5O2S/c1-14-13(21)16-15-9-12-6-3-7-17(12)10-4-2-5-11(8-10)18(19)20/h2-9H,1H3,(H2,14,16,21). The SMILES string of the molecule is CNC(=S)NN=Cc1cccn1-c1cccc([N+](=O)[O-])c1. The molecule has 0 aliphatic rings. The Bertz CT molecular complexity index is 695. The van der Waals surface area contributed by atoms with Crippen LogP contribution in [-0.4, -0.2) is 27.9 Å². The van der Waals surface area contributed by atoms with Gasteiger partial charge >= 0.3 is 0 Å². The van der Waals surface area contributed by atoms with Crippen molar-refractivity contribution in [1.29, 1.82) is 0 Å². The van der Waals surface area contributed by atoms with Crippen molar-refractivity contribution in [2.24, 2.45) is 5.10 Å². The van der Waals surface area contributed by atoms with Crippen LogP contribution in [0.3, 0.4) is 0 Å². The van der Waals surface area contributed by atoms with Gasteiger partial charge in [0.25, 0.3) is 5.69 Å². The molecule has 0 saturated carbocycles. The minimum absolute atomic E-state index is 0.0403. The summed E-state index contributed by atoms with van der Waals surface area (Å²) < 4.78 is 1.79. The van der Waals surface area contributed by atoms with Gasteiger partial charge in [0.15, 0.2) is 5.11 Å². The van der Waals surface area contributed by atoms with E-state index in [4.69, 9.17) is 12.2 Å². The van der Waals surface area contributed by atoms with Crippen LogP contribution in [0.4, 0.5) is 5.69 Å². The van der Waals surface area contributed by atoms with Crippen LogP contribution in [0, 0.1) is 10.1 Å². The second kappa shape index (κ2) is 6.62. The molecule has 0 fully saturated rings. The summed E-state index contributed by atoms with van der Waals surface area (Å²) in [4.78, 5) is 10.4. The van der Waals surface area contributed by atoms with E-state index in [0.29, 0.717) is 10.8 Å². The fourth-order valence-electron chi connectivity index (χ4n) is 1.70. The minimum Gasteiger partial charge on any atom is -0.364 e. The van der Waals surface area contributed by atoms with Crippen LogP contribution in [0.25, 0.3) is 5.69 Å². The molecule has 0 amide bonds. The monoisotopic (exact) mass is 303 g/mol. The van der Waals surface area contributed by atoms with Gasteiger partial charge in [-0.15, -0.1) is 0 Å². The minimum atomic E-state index is -0.423. The predicted molar refractivity (Wildman–Crippen MR) is 84.8 cm³/mol. The molecule has 0 aliphatic carbocycles. The van der Waals surface area contributed by atoms with Crippen LogP contribution in [-0.2, 0) is 0 Å².